The van der Waals surface area contributed by atoms with E-state index in [2.05, 4.69) is 15.0 Å². The van der Waals surface area contributed by atoms with Gasteiger partial charge in [-0.2, -0.15) is 0 Å². The molecule has 1 heterocycles. The Morgan fingerprint density at radius 2 is 1.92 bits per heavy atom. The second-order valence-electron chi connectivity index (χ2n) is 6.35. The highest BCUT2D eigenvalue weighted by molar-refractivity contribution is 7.92. The van der Waals surface area contributed by atoms with Crippen LogP contribution in [0.1, 0.15) is 28.4 Å². The minimum Gasteiger partial charge on any atom is -0.396 e. The van der Waals surface area contributed by atoms with Crippen molar-refractivity contribution >= 4 is 27.4 Å². The highest BCUT2D eigenvalue weighted by atomic mass is 32.2. The maximum atomic E-state index is 12.4. The largest absolute Gasteiger partial charge is 0.396 e. The number of amides is 1. The summed E-state index contributed by atoms with van der Waals surface area (Å²) < 4.78 is 26.4. The van der Waals surface area contributed by atoms with Crippen LogP contribution in [0.15, 0.2) is 36.5 Å². The van der Waals surface area contributed by atoms with Gasteiger partial charge in [-0.15, -0.1) is 0 Å². The molecule has 0 radical (unpaired) electrons. The number of carbonyl (C=O) groups excluding carboxylic acids is 1. The van der Waals surface area contributed by atoms with Crippen LogP contribution in [0, 0.1) is 19.8 Å². The lowest BCUT2D eigenvalue weighted by molar-refractivity contribution is 0.102. The molecule has 1 unspecified atom stereocenters. The van der Waals surface area contributed by atoms with Gasteiger partial charge in [0.2, 0.25) is 10.0 Å². The molecular formula is C18H23N3O4S. The van der Waals surface area contributed by atoms with Gasteiger partial charge in [-0.1, -0.05) is 13.0 Å². The van der Waals surface area contributed by atoms with E-state index in [1.165, 1.54) is 18.3 Å². The molecule has 1 aromatic carbocycles. The fourth-order valence-electron chi connectivity index (χ4n) is 2.28. The van der Waals surface area contributed by atoms with Crippen LogP contribution in [0.4, 0.5) is 11.5 Å². The molecule has 0 saturated carbocycles. The molecule has 1 amide bonds. The van der Waals surface area contributed by atoms with Crippen molar-refractivity contribution in [2.75, 3.05) is 22.4 Å². The lowest BCUT2D eigenvalue weighted by Crippen LogP contribution is -2.23. The molecule has 0 aliphatic rings. The number of nitrogens with one attached hydrogen (secondary N) is 2. The van der Waals surface area contributed by atoms with E-state index < -0.39 is 15.9 Å². The van der Waals surface area contributed by atoms with E-state index in [0.29, 0.717) is 5.69 Å². The Morgan fingerprint density at radius 3 is 2.58 bits per heavy atom. The van der Waals surface area contributed by atoms with Gasteiger partial charge in [0.15, 0.2) is 0 Å². The Labute approximate surface area is 153 Å². The number of aromatic nitrogens is 1. The standard InChI is InChI=1S/C18H23N3O4S/c1-12(10-22)11-26(24,25)21-17-9-15(6-7-19-17)18(23)20-16-5-4-13(2)14(3)8-16/h4-9,12,22H,10-11H2,1-3H3,(H,19,21)(H,20,23). The molecule has 0 saturated heterocycles. The van der Waals surface area contributed by atoms with Crippen LogP contribution in [0.3, 0.4) is 0 Å². The molecular weight excluding hydrogens is 354 g/mol. The molecule has 2 aromatic rings. The van der Waals surface area contributed by atoms with Gasteiger partial charge in [-0.05, 0) is 55.2 Å². The van der Waals surface area contributed by atoms with E-state index in [1.54, 1.807) is 13.0 Å². The monoisotopic (exact) mass is 377 g/mol. The molecule has 8 heteroatoms. The second kappa shape index (κ2) is 8.29. The van der Waals surface area contributed by atoms with Crippen molar-refractivity contribution in [1.82, 2.24) is 4.98 Å². The van der Waals surface area contributed by atoms with Crippen molar-refractivity contribution in [3.05, 3.63) is 53.2 Å². The summed E-state index contributed by atoms with van der Waals surface area (Å²) in [5.74, 6) is -0.934. The van der Waals surface area contributed by atoms with E-state index >= 15 is 0 Å². The number of benzene rings is 1. The summed E-state index contributed by atoms with van der Waals surface area (Å²) in [6.07, 6.45) is 1.36. The second-order valence-corrected chi connectivity index (χ2v) is 8.12. The summed E-state index contributed by atoms with van der Waals surface area (Å²) in [5.41, 5.74) is 3.13. The molecule has 26 heavy (non-hydrogen) atoms. The van der Waals surface area contributed by atoms with Crippen molar-refractivity contribution < 1.29 is 18.3 Å². The van der Waals surface area contributed by atoms with Crippen molar-refractivity contribution in [3.63, 3.8) is 0 Å². The number of pyridine rings is 1. The third-order valence-corrected chi connectivity index (χ3v) is 5.39. The first-order valence-corrected chi connectivity index (χ1v) is 9.81. The van der Waals surface area contributed by atoms with Gasteiger partial charge in [0, 0.05) is 24.1 Å². The number of hydrogen-bond donors (Lipinski definition) is 3. The minimum absolute atomic E-state index is 0.0582. The van der Waals surface area contributed by atoms with Crippen LogP contribution in [-0.4, -0.2) is 36.8 Å². The third kappa shape index (κ3) is 5.53. The first-order chi connectivity index (χ1) is 12.2. The summed E-state index contributed by atoms with van der Waals surface area (Å²) in [7, 11) is -3.66. The molecule has 1 aromatic heterocycles. The molecule has 0 aliphatic heterocycles. The summed E-state index contributed by atoms with van der Waals surface area (Å²) in [6, 6.07) is 8.47. The highest BCUT2D eigenvalue weighted by Gasteiger charge is 2.17. The fourth-order valence-corrected chi connectivity index (χ4v) is 3.65. The number of rotatable bonds is 7. The van der Waals surface area contributed by atoms with Gasteiger partial charge < -0.3 is 10.4 Å². The summed E-state index contributed by atoms with van der Waals surface area (Å²) >= 11 is 0. The predicted molar refractivity (Wildman–Crippen MR) is 102 cm³/mol. The van der Waals surface area contributed by atoms with Gasteiger partial charge in [-0.3, -0.25) is 9.52 Å². The number of hydrogen-bond acceptors (Lipinski definition) is 5. The SMILES string of the molecule is Cc1ccc(NC(=O)c2ccnc(NS(=O)(=O)CC(C)CO)c2)cc1C. The van der Waals surface area contributed by atoms with Crippen LogP contribution in [0.2, 0.25) is 0 Å². The number of nitrogens with zero attached hydrogens (tertiary/aromatic N) is 1. The van der Waals surface area contributed by atoms with Gasteiger partial charge in [0.25, 0.3) is 5.91 Å². The molecule has 7 nitrogen and oxygen atoms in total. The van der Waals surface area contributed by atoms with Crippen LogP contribution >= 0.6 is 0 Å². The maximum Gasteiger partial charge on any atom is 0.255 e. The Hall–Kier alpha value is -2.45. The molecule has 3 N–H and O–H groups in total. The quantitative estimate of drug-likeness (QED) is 0.686. The van der Waals surface area contributed by atoms with Gasteiger partial charge in [-0.25, -0.2) is 13.4 Å². The van der Waals surface area contributed by atoms with Gasteiger partial charge >= 0.3 is 0 Å². The molecule has 1 atom stereocenters. The van der Waals surface area contributed by atoms with Crippen molar-refractivity contribution in [2.45, 2.75) is 20.8 Å². The van der Waals surface area contributed by atoms with Crippen LogP contribution in [-0.2, 0) is 10.0 Å². The van der Waals surface area contributed by atoms with E-state index in [0.717, 1.165) is 11.1 Å². The molecule has 140 valence electrons. The first kappa shape index (κ1) is 19.9. The van der Waals surface area contributed by atoms with E-state index in [-0.39, 0.29) is 29.6 Å². The molecule has 0 bridgehead atoms. The number of aliphatic hydroxyl groups excluding tert-OH is 1. The number of anilines is 2. The lowest BCUT2D eigenvalue weighted by Gasteiger charge is -2.12. The molecule has 0 fully saturated rings. The fraction of sp³-hybridized carbons (Fsp3) is 0.333. The molecule has 0 aliphatic carbocycles. The topological polar surface area (TPSA) is 108 Å². The van der Waals surface area contributed by atoms with Crippen molar-refractivity contribution in [1.29, 1.82) is 0 Å². The van der Waals surface area contributed by atoms with Gasteiger partial charge in [0.05, 0.1) is 5.75 Å². The molecule has 2 rings (SSSR count). The minimum atomic E-state index is -3.66. The van der Waals surface area contributed by atoms with E-state index in [9.17, 15) is 13.2 Å². The summed E-state index contributed by atoms with van der Waals surface area (Å²) in [4.78, 5) is 16.3. The van der Waals surface area contributed by atoms with Crippen molar-refractivity contribution in [2.24, 2.45) is 5.92 Å². The number of carbonyl (C=O) groups is 1. The Morgan fingerprint density at radius 1 is 1.19 bits per heavy atom. The summed E-state index contributed by atoms with van der Waals surface area (Å²) in [5, 5.41) is 11.8. The van der Waals surface area contributed by atoms with E-state index in [4.69, 9.17) is 5.11 Å². The smallest absolute Gasteiger partial charge is 0.255 e. The summed E-state index contributed by atoms with van der Waals surface area (Å²) in [6.45, 7) is 5.34. The predicted octanol–water partition coefficient (Wildman–Crippen LogP) is 2.32. The zero-order valence-corrected chi connectivity index (χ0v) is 15.8. The first-order valence-electron chi connectivity index (χ1n) is 8.16. The Bertz CT molecular complexity index is 897. The zero-order valence-electron chi connectivity index (χ0n) is 15.0. The Kier molecular flexibility index (Phi) is 6.33. The average Bonchev–Trinajstić information content (AvgIpc) is 2.57. The number of aryl methyl sites for hydroxylation is 2. The normalized spacial score (nSPS) is 12.5. The lowest BCUT2D eigenvalue weighted by atomic mass is 10.1. The number of aliphatic hydroxyl groups is 1. The zero-order chi connectivity index (χ0) is 19.3. The van der Waals surface area contributed by atoms with Crippen LogP contribution in [0.5, 0.6) is 0 Å². The third-order valence-electron chi connectivity index (χ3n) is 3.86. The van der Waals surface area contributed by atoms with Crippen LogP contribution < -0.4 is 10.0 Å². The van der Waals surface area contributed by atoms with Crippen molar-refractivity contribution in [3.8, 4) is 0 Å². The average molecular weight is 377 g/mol. The van der Waals surface area contributed by atoms with Gasteiger partial charge in [0.1, 0.15) is 5.82 Å². The Balaban J connectivity index is 2.12. The van der Waals surface area contributed by atoms with Crippen LogP contribution in [0.25, 0.3) is 0 Å². The number of sulfonamides is 1. The molecule has 0 spiro atoms. The van der Waals surface area contributed by atoms with E-state index in [1.807, 2.05) is 26.0 Å². The highest BCUT2D eigenvalue weighted by Crippen LogP contribution is 2.16. The maximum absolute atomic E-state index is 12.4.